The summed E-state index contributed by atoms with van der Waals surface area (Å²) in [5.74, 6) is -0.940. The molecule has 0 saturated carbocycles. The Hall–Kier alpha value is -3.39. The summed E-state index contributed by atoms with van der Waals surface area (Å²) >= 11 is 0. The number of imide groups is 1. The second-order valence-corrected chi connectivity index (χ2v) is 9.52. The van der Waals surface area contributed by atoms with E-state index in [0.717, 1.165) is 29.7 Å². The van der Waals surface area contributed by atoms with Crippen molar-refractivity contribution < 1.29 is 23.9 Å². The summed E-state index contributed by atoms with van der Waals surface area (Å²) in [7, 11) is 0. The second kappa shape index (κ2) is 6.35. The van der Waals surface area contributed by atoms with Crippen LogP contribution in [0.5, 0.6) is 11.5 Å². The molecule has 1 spiro atoms. The van der Waals surface area contributed by atoms with Crippen LogP contribution in [0.1, 0.15) is 24.0 Å². The van der Waals surface area contributed by atoms with Crippen molar-refractivity contribution in [3.8, 4) is 11.5 Å². The van der Waals surface area contributed by atoms with Crippen molar-refractivity contribution >= 4 is 29.1 Å². The lowest BCUT2D eigenvalue weighted by Crippen LogP contribution is -2.54. The highest BCUT2D eigenvalue weighted by atomic mass is 16.6. The van der Waals surface area contributed by atoms with E-state index in [1.807, 2.05) is 25.1 Å². The molecule has 33 heavy (non-hydrogen) atoms. The van der Waals surface area contributed by atoms with Crippen LogP contribution in [-0.4, -0.2) is 48.4 Å². The fourth-order valence-electron chi connectivity index (χ4n) is 6.74. The number of hydrogen-bond acceptors (Lipinski definition) is 6. The zero-order chi connectivity index (χ0) is 22.5. The highest BCUT2D eigenvalue weighted by Gasteiger charge is 2.74. The third-order valence-corrected chi connectivity index (χ3v) is 7.93. The van der Waals surface area contributed by atoms with E-state index in [9.17, 15) is 14.4 Å². The fraction of sp³-hybridized carbons (Fsp3) is 0.400. The highest BCUT2D eigenvalue weighted by Crippen LogP contribution is 2.60. The first-order chi connectivity index (χ1) is 16.0. The first-order valence-electron chi connectivity index (χ1n) is 11.5. The molecule has 5 heterocycles. The molecule has 0 aliphatic carbocycles. The molecule has 168 valence electrons. The molecule has 3 amide bonds. The maximum Gasteiger partial charge on any atom is 0.250 e. The van der Waals surface area contributed by atoms with Gasteiger partial charge in [-0.05, 0) is 44.5 Å². The van der Waals surface area contributed by atoms with Crippen molar-refractivity contribution in [2.45, 2.75) is 31.3 Å². The van der Waals surface area contributed by atoms with Gasteiger partial charge in [-0.2, -0.15) is 0 Å². The molecular formula is C25H23N3O5. The molecule has 0 unspecified atom stereocenters. The maximum absolute atomic E-state index is 14.0. The van der Waals surface area contributed by atoms with Gasteiger partial charge in [-0.15, -0.1) is 0 Å². The molecular weight excluding hydrogens is 422 g/mol. The topological polar surface area (TPSA) is 88.2 Å². The van der Waals surface area contributed by atoms with Gasteiger partial charge in [0.2, 0.25) is 17.7 Å². The molecule has 4 atom stereocenters. The molecule has 5 aliphatic rings. The third-order valence-electron chi connectivity index (χ3n) is 7.93. The number of nitrogens with one attached hydrogen (secondary N) is 1. The van der Waals surface area contributed by atoms with Gasteiger partial charge in [-0.25, -0.2) is 4.90 Å². The normalized spacial score (nSPS) is 31.7. The lowest BCUT2D eigenvalue weighted by atomic mass is 9.75. The average molecular weight is 445 g/mol. The van der Waals surface area contributed by atoms with Gasteiger partial charge in [0.05, 0.1) is 17.5 Å². The number of aryl methyl sites for hydroxylation is 1. The van der Waals surface area contributed by atoms with Crippen LogP contribution in [-0.2, 0) is 19.9 Å². The number of hydrogen-bond donors (Lipinski definition) is 1. The van der Waals surface area contributed by atoms with E-state index in [-0.39, 0.29) is 23.8 Å². The number of rotatable bonds is 1. The fourth-order valence-corrected chi connectivity index (χ4v) is 6.74. The van der Waals surface area contributed by atoms with Crippen molar-refractivity contribution in [3.63, 3.8) is 0 Å². The Labute approximate surface area is 190 Å². The van der Waals surface area contributed by atoms with E-state index in [2.05, 4.69) is 10.2 Å². The van der Waals surface area contributed by atoms with Gasteiger partial charge >= 0.3 is 0 Å². The van der Waals surface area contributed by atoms with Crippen LogP contribution >= 0.6 is 0 Å². The van der Waals surface area contributed by atoms with Gasteiger partial charge in [0.25, 0.3) is 0 Å². The predicted octanol–water partition coefficient (Wildman–Crippen LogP) is 2.20. The summed E-state index contributed by atoms with van der Waals surface area (Å²) in [5, 5.41) is 3.01. The number of benzene rings is 2. The first kappa shape index (κ1) is 19.1. The summed E-state index contributed by atoms with van der Waals surface area (Å²) in [6.07, 6.45) is 1.70. The zero-order valence-corrected chi connectivity index (χ0v) is 18.2. The summed E-state index contributed by atoms with van der Waals surface area (Å²) in [6, 6.07) is 10.9. The monoisotopic (exact) mass is 445 g/mol. The Kier molecular flexibility index (Phi) is 3.68. The van der Waals surface area contributed by atoms with E-state index in [1.165, 1.54) is 4.90 Å². The van der Waals surface area contributed by atoms with Crippen LogP contribution in [0, 0.1) is 18.8 Å². The minimum Gasteiger partial charge on any atom is -0.486 e. The molecule has 8 heteroatoms. The molecule has 1 N–H and O–H groups in total. The van der Waals surface area contributed by atoms with Crippen molar-refractivity contribution in [2.24, 2.45) is 11.8 Å². The largest absolute Gasteiger partial charge is 0.486 e. The molecule has 0 bridgehead atoms. The van der Waals surface area contributed by atoms with Gasteiger partial charge in [0.15, 0.2) is 11.5 Å². The van der Waals surface area contributed by atoms with E-state index < -0.39 is 17.4 Å². The Morgan fingerprint density at radius 3 is 2.67 bits per heavy atom. The standard InChI is InChI=1S/C25H23N3O5/c1-13-4-6-16-15(11-13)25(24(31)26-16)21-20(17-3-2-8-27(17)25)22(29)28(23(21)30)14-5-7-18-19(12-14)33-10-9-32-18/h4-7,11-12,17,20-21H,2-3,8-10H2,1H3,(H,26,31)/t17-,20+,21+,25-/m1/s1. The third kappa shape index (κ3) is 2.22. The van der Waals surface area contributed by atoms with E-state index in [4.69, 9.17) is 9.47 Å². The van der Waals surface area contributed by atoms with Crippen LogP contribution in [0.25, 0.3) is 0 Å². The lowest BCUT2D eigenvalue weighted by Gasteiger charge is -2.36. The predicted molar refractivity (Wildman–Crippen MR) is 118 cm³/mol. The highest BCUT2D eigenvalue weighted by molar-refractivity contribution is 6.26. The van der Waals surface area contributed by atoms with Crippen molar-refractivity contribution in [1.82, 2.24) is 4.90 Å². The molecule has 0 aromatic heterocycles. The number of carbonyl (C=O) groups excluding carboxylic acids is 3. The summed E-state index contributed by atoms with van der Waals surface area (Å²) in [4.78, 5) is 44.9. The molecule has 7 rings (SSSR count). The smallest absolute Gasteiger partial charge is 0.250 e. The number of nitrogens with zero attached hydrogens (tertiary/aromatic N) is 2. The van der Waals surface area contributed by atoms with Crippen molar-refractivity contribution in [3.05, 3.63) is 47.5 Å². The van der Waals surface area contributed by atoms with Crippen LogP contribution < -0.4 is 19.7 Å². The number of anilines is 2. The molecule has 3 saturated heterocycles. The summed E-state index contributed by atoms with van der Waals surface area (Å²) in [6.45, 7) is 3.56. The molecule has 5 aliphatic heterocycles. The Morgan fingerprint density at radius 2 is 1.82 bits per heavy atom. The van der Waals surface area contributed by atoms with Crippen molar-refractivity contribution in [2.75, 3.05) is 30.0 Å². The van der Waals surface area contributed by atoms with Crippen LogP contribution in [0.3, 0.4) is 0 Å². The number of amides is 3. The van der Waals surface area contributed by atoms with Crippen LogP contribution in [0.4, 0.5) is 11.4 Å². The van der Waals surface area contributed by atoms with Crippen LogP contribution in [0.2, 0.25) is 0 Å². The maximum atomic E-state index is 14.0. The number of fused-ring (bicyclic) bond motifs is 8. The van der Waals surface area contributed by atoms with E-state index in [1.54, 1.807) is 18.2 Å². The second-order valence-electron chi connectivity index (χ2n) is 9.52. The molecule has 3 fully saturated rings. The van der Waals surface area contributed by atoms with Crippen LogP contribution in [0.15, 0.2) is 36.4 Å². The van der Waals surface area contributed by atoms with Gasteiger partial charge in [0.1, 0.15) is 18.8 Å². The SMILES string of the molecule is Cc1ccc2c(c1)[C@]1(C(=O)N2)[C@@H]2C(=O)N(c3ccc4c(c3)OCCO4)C(=O)[C@H]2[C@H]2CCCN21. The molecule has 0 radical (unpaired) electrons. The Morgan fingerprint density at radius 1 is 1.00 bits per heavy atom. The Bertz CT molecular complexity index is 1260. The lowest BCUT2D eigenvalue weighted by molar-refractivity contribution is -0.135. The summed E-state index contributed by atoms with van der Waals surface area (Å²) in [5.41, 5.74) is 1.88. The minimum absolute atomic E-state index is 0.133. The van der Waals surface area contributed by atoms with Gasteiger partial charge in [-0.3, -0.25) is 19.3 Å². The van der Waals surface area contributed by atoms with E-state index >= 15 is 0 Å². The van der Waals surface area contributed by atoms with Gasteiger partial charge in [0, 0.05) is 23.4 Å². The first-order valence-corrected chi connectivity index (χ1v) is 11.5. The van der Waals surface area contributed by atoms with Crippen molar-refractivity contribution in [1.29, 1.82) is 0 Å². The minimum atomic E-state index is -1.15. The van der Waals surface area contributed by atoms with E-state index in [0.29, 0.717) is 36.9 Å². The number of ether oxygens (including phenoxy) is 2. The van der Waals surface area contributed by atoms with Gasteiger partial charge in [-0.1, -0.05) is 17.7 Å². The average Bonchev–Trinajstić information content (AvgIpc) is 3.52. The zero-order valence-electron chi connectivity index (χ0n) is 18.2. The number of carbonyl (C=O) groups is 3. The quantitative estimate of drug-likeness (QED) is 0.677. The molecule has 8 nitrogen and oxygen atoms in total. The summed E-state index contributed by atoms with van der Waals surface area (Å²) < 4.78 is 11.3. The Balaban J connectivity index is 1.39. The molecule has 2 aromatic rings. The molecule has 2 aromatic carbocycles. The van der Waals surface area contributed by atoms with Gasteiger partial charge < -0.3 is 14.8 Å².